The topological polar surface area (TPSA) is 84.4 Å². The Labute approximate surface area is 179 Å². The molecule has 1 amide bonds. The lowest BCUT2D eigenvalue weighted by Gasteiger charge is -2.29. The van der Waals surface area contributed by atoms with Crippen molar-refractivity contribution in [1.82, 2.24) is 14.9 Å². The summed E-state index contributed by atoms with van der Waals surface area (Å²) in [5.41, 5.74) is 3.94. The molecule has 0 aliphatic carbocycles. The van der Waals surface area contributed by atoms with Gasteiger partial charge in [0.1, 0.15) is 0 Å². The zero-order chi connectivity index (χ0) is 21.3. The molecule has 30 heavy (non-hydrogen) atoms. The summed E-state index contributed by atoms with van der Waals surface area (Å²) in [6, 6.07) is 7.57. The van der Waals surface area contributed by atoms with Crippen molar-refractivity contribution < 1.29 is 14.3 Å². The molecule has 156 valence electrons. The highest BCUT2D eigenvalue weighted by Gasteiger charge is 2.28. The van der Waals surface area contributed by atoms with Crippen LogP contribution < -0.4 is 5.32 Å². The van der Waals surface area contributed by atoms with Crippen LogP contribution in [-0.2, 0) is 22.5 Å². The number of carbonyl (C=O) groups excluding carboxylic acids is 2. The number of pyridine rings is 1. The van der Waals surface area contributed by atoms with Crippen LogP contribution in [0.1, 0.15) is 41.2 Å². The van der Waals surface area contributed by atoms with Gasteiger partial charge in [0.05, 0.1) is 16.8 Å². The number of hydrogen-bond acceptors (Lipinski definition) is 7. The van der Waals surface area contributed by atoms with Crippen LogP contribution in [0.4, 0.5) is 5.13 Å². The van der Waals surface area contributed by atoms with Crippen molar-refractivity contribution >= 4 is 39.2 Å². The van der Waals surface area contributed by atoms with Crippen molar-refractivity contribution in [3.63, 3.8) is 0 Å². The Bertz CT molecular complexity index is 1110. The van der Waals surface area contributed by atoms with E-state index in [9.17, 15) is 9.59 Å². The largest absolute Gasteiger partial charge is 0.449 e. The lowest BCUT2D eigenvalue weighted by molar-refractivity contribution is -0.123. The molecule has 3 heterocycles. The number of aromatic nitrogens is 2. The third-order valence-corrected chi connectivity index (χ3v) is 6.15. The van der Waals surface area contributed by atoms with Gasteiger partial charge in [0, 0.05) is 41.5 Å². The number of amides is 1. The molecule has 1 atom stereocenters. The van der Waals surface area contributed by atoms with E-state index in [1.807, 2.05) is 36.6 Å². The van der Waals surface area contributed by atoms with Gasteiger partial charge in [-0.2, -0.15) is 0 Å². The van der Waals surface area contributed by atoms with E-state index in [1.165, 1.54) is 11.3 Å². The first-order valence-corrected chi connectivity index (χ1v) is 10.9. The fourth-order valence-corrected chi connectivity index (χ4v) is 4.33. The Hall–Kier alpha value is -2.84. The number of aryl methyl sites for hydroxylation is 1. The molecule has 4 rings (SSSR count). The molecular weight excluding hydrogens is 400 g/mol. The van der Waals surface area contributed by atoms with E-state index in [2.05, 4.69) is 22.1 Å². The highest BCUT2D eigenvalue weighted by molar-refractivity contribution is 7.13. The molecule has 0 fully saturated rings. The molecule has 0 radical (unpaired) electrons. The maximum atomic E-state index is 13.2. The minimum absolute atomic E-state index is 0.403. The second-order valence-corrected chi connectivity index (χ2v) is 8.24. The van der Waals surface area contributed by atoms with Crippen LogP contribution in [0.15, 0.2) is 29.6 Å². The summed E-state index contributed by atoms with van der Waals surface area (Å²) in [5.74, 6) is -0.902. The van der Waals surface area contributed by atoms with Crippen LogP contribution in [-0.4, -0.2) is 45.9 Å². The molecule has 1 aromatic carbocycles. The number of anilines is 1. The number of fused-ring (bicyclic) bond motifs is 2. The van der Waals surface area contributed by atoms with Crippen molar-refractivity contribution in [2.75, 3.05) is 18.4 Å². The molecule has 7 nitrogen and oxygen atoms in total. The highest BCUT2D eigenvalue weighted by Crippen LogP contribution is 2.29. The van der Waals surface area contributed by atoms with Crippen LogP contribution in [0.3, 0.4) is 0 Å². The molecule has 0 spiro atoms. The van der Waals surface area contributed by atoms with Crippen LogP contribution in [0, 0.1) is 6.92 Å². The Kier molecular flexibility index (Phi) is 5.78. The van der Waals surface area contributed by atoms with Gasteiger partial charge in [-0.3, -0.25) is 20.0 Å². The average Bonchev–Trinajstić information content (AvgIpc) is 3.15. The van der Waals surface area contributed by atoms with Gasteiger partial charge in [0.2, 0.25) is 0 Å². The normalized spacial score (nSPS) is 14.9. The SMILES string of the molecule is CCN1CCc2nc3ccccc3c(C(=O)OC(C)C(=O)Nc3nc(C)cs3)c2C1. The standard InChI is InChI=1S/C22H24N4O3S/c1-4-26-10-9-18-16(11-26)19(15-7-5-6-8-17(15)24-18)21(28)29-14(3)20(27)25-22-23-13(2)12-30-22/h5-8,12,14H,4,9-11H2,1-3H3,(H,23,25,27). The lowest BCUT2D eigenvalue weighted by atomic mass is 9.95. The van der Waals surface area contributed by atoms with Crippen LogP contribution in [0.5, 0.6) is 0 Å². The number of esters is 1. The summed E-state index contributed by atoms with van der Waals surface area (Å²) in [6.07, 6.45) is -0.163. The third-order valence-electron chi connectivity index (χ3n) is 5.28. The van der Waals surface area contributed by atoms with Gasteiger partial charge in [0.15, 0.2) is 11.2 Å². The number of nitrogens with one attached hydrogen (secondary N) is 1. The lowest BCUT2D eigenvalue weighted by Crippen LogP contribution is -2.34. The smallest absolute Gasteiger partial charge is 0.339 e. The van der Waals surface area contributed by atoms with E-state index in [0.29, 0.717) is 17.2 Å². The van der Waals surface area contributed by atoms with Crippen molar-refractivity contribution in [2.45, 2.75) is 39.8 Å². The predicted octanol–water partition coefficient (Wildman–Crippen LogP) is 3.56. The predicted molar refractivity (Wildman–Crippen MR) is 117 cm³/mol. The zero-order valence-corrected chi connectivity index (χ0v) is 18.1. The number of para-hydroxylation sites is 1. The van der Waals surface area contributed by atoms with Crippen molar-refractivity contribution in [1.29, 1.82) is 0 Å². The van der Waals surface area contributed by atoms with Crippen LogP contribution in [0.2, 0.25) is 0 Å². The van der Waals surface area contributed by atoms with Crippen molar-refractivity contribution in [2.24, 2.45) is 0 Å². The van der Waals surface area contributed by atoms with Gasteiger partial charge in [-0.25, -0.2) is 9.78 Å². The summed E-state index contributed by atoms with van der Waals surface area (Å²) in [5, 5.41) is 5.80. The van der Waals surface area contributed by atoms with Gasteiger partial charge < -0.3 is 4.74 Å². The monoisotopic (exact) mass is 424 g/mol. The fraction of sp³-hybridized carbons (Fsp3) is 0.364. The number of hydrogen-bond donors (Lipinski definition) is 1. The molecule has 8 heteroatoms. The summed E-state index contributed by atoms with van der Waals surface area (Å²) in [6.45, 7) is 7.98. The van der Waals surface area contributed by atoms with E-state index in [-0.39, 0.29) is 0 Å². The minimum atomic E-state index is -0.949. The first-order valence-electron chi connectivity index (χ1n) is 10.0. The van der Waals surface area contributed by atoms with Gasteiger partial charge in [0.25, 0.3) is 5.91 Å². The molecule has 0 saturated carbocycles. The molecule has 0 saturated heterocycles. The van der Waals surface area contributed by atoms with E-state index < -0.39 is 18.0 Å². The number of benzene rings is 1. The molecule has 3 aromatic rings. The van der Waals surface area contributed by atoms with Gasteiger partial charge in [-0.1, -0.05) is 25.1 Å². The molecule has 1 aliphatic rings. The van der Waals surface area contributed by atoms with Crippen molar-refractivity contribution in [3.05, 3.63) is 52.2 Å². The Morgan fingerprint density at radius 2 is 2.10 bits per heavy atom. The van der Waals surface area contributed by atoms with Gasteiger partial charge >= 0.3 is 5.97 Å². The number of rotatable bonds is 5. The molecule has 0 bridgehead atoms. The number of ether oxygens (including phenoxy) is 1. The first kappa shape index (κ1) is 20.4. The molecule has 1 aliphatic heterocycles. The number of likely N-dealkylation sites (N-methyl/N-ethyl adjacent to an activating group) is 1. The maximum absolute atomic E-state index is 13.2. The number of carbonyl (C=O) groups is 2. The van der Waals surface area contributed by atoms with E-state index >= 15 is 0 Å². The highest BCUT2D eigenvalue weighted by atomic mass is 32.1. The molecular formula is C22H24N4O3S. The molecule has 2 aromatic heterocycles. The zero-order valence-electron chi connectivity index (χ0n) is 17.3. The average molecular weight is 425 g/mol. The summed E-state index contributed by atoms with van der Waals surface area (Å²) in [4.78, 5) is 37.0. The van der Waals surface area contributed by atoms with Gasteiger partial charge in [-0.15, -0.1) is 11.3 Å². The number of nitrogens with zero attached hydrogens (tertiary/aromatic N) is 3. The van der Waals surface area contributed by atoms with Gasteiger partial charge in [-0.05, 0) is 26.5 Å². The van der Waals surface area contributed by atoms with Crippen LogP contribution in [0.25, 0.3) is 10.9 Å². The Balaban J connectivity index is 1.62. The number of thiazole rings is 1. The first-order chi connectivity index (χ1) is 14.5. The fourth-order valence-electron chi connectivity index (χ4n) is 3.64. The maximum Gasteiger partial charge on any atom is 0.339 e. The van der Waals surface area contributed by atoms with E-state index in [1.54, 1.807) is 6.92 Å². The Morgan fingerprint density at radius 3 is 2.83 bits per heavy atom. The Morgan fingerprint density at radius 1 is 1.30 bits per heavy atom. The second kappa shape index (κ2) is 8.49. The summed E-state index contributed by atoms with van der Waals surface area (Å²) >= 11 is 1.34. The molecule has 1 unspecified atom stereocenters. The van der Waals surface area contributed by atoms with E-state index in [0.717, 1.165) is 47.4 Å². The van der Waals surface area contributed by atoms with Crippen molar-refractivity contribution in [3.8, 4) is 0 Å². The van der Waals surface area contributed by atoms with Crippen LogP contribution >= 0.6 is 11.3 Å². The van der Waals surface area contributed by atoms with E-state index in [4.69, 9.17) is 9.72 Å². The summed E-state index contributed by atoms with van der Waals surface area (Å²) < 4.78 is 5.60. The molecule has 1 N–H and O–H groups in total. The minimum Gasteiger partial charge on any atom is -0.449 e. The second-order valence-electron chi connectivity index (χ2n) is 7.38. The third kappa shape index (κ3) is 4.06. The summed E-state index contributed by atoms with van der Waals surface area (Å²) in [7, 11) is 0. The quantitative estimate of drug-likeness (QED) is 0.631.